The number of hydrogen-bond acceptors (Lipinski definition) is 3. The van der Waals surface area contributed by atoms with Crippen LogP contribution in [0.15, 0.2) is 0 Å². The lowest BCUT2D eigenvalue weighted by Gasteiger charge is -2.09. The summed E-state index contributed by atoms with van der Waals surface area (Å²) in [5, 5.41) is 0. The van der Waals surface area contributed by atoms with E-state index in [2.05, 4.69) is 0 Å². The standard InChI is InChI=1S/C9H15NO2S/c10-9(12)7-3-1-2-4-8(11)6-13-5-7/h7H,1-6H2,(H2,10,12). The maximum absolute atomic E-state index is 11.1. The number of Topliss-reactive ketones (excluding diaryl/α,β-unsaturated/α-hetero) is 1. The number of carbonyl (C=O) groups excluding carboxylic acids is 2. The molecule has 0 saturated carbocycles. The number of primary amides is 1. The molecule has 1 rings (SSSR count). The molecule has 2 N–H and O–H groups in total. The molecule has 1 unspecified atom stereocenters. The van der Waals surface area contributed by atoms with Crippen molar-refractivity contribution in [2.45, 2.75) is 25.7 Å². The minimum Gasteiger partial charge on any atom is -0.369 e. The minimum absolute atomic E-state index is 0.0316. The third kappa shape index (κ3) is 3.81. The average molecular weight is 201 g/mol. The first kappa shape index (κ1) is 10.6. The van der Waals surface area contributed by atoms with E-state index in [4.69, 9.17) is 5.73 Å². The first-order valence-corrected chi connectivity index (χ1v) is 5.74. The molecule has 1 fully saturated rings. The van der Waals surface area contributed by atoms with Crippen molar-refractivity contribution in [3.8, 4) is 0 Å². The van der Waals surface area contributed by atoms with Crippen molar-refractivity contribution in [1.29, 1.82) is 0 Å². The van der Waals surface area contributed by atoms with Crippen LogP contribution in [0.3, 0.4) is 0 Å². The topological polar surface area (TPSA) is 60.2 Å². The van der Waals surface area contributed by atoms with Crippen LogP contribution in [-0.4, -0.2) is 23.2 Å². The zero-order valence-corrected chi connectivity index (χ0v) is 8.44. The highest BCUT2D eigenvalue weighted by Gasteiger charge is 2.17. The quantitative estimate of drug-likeness (QED) is 0.687. The van der Waals surface area contributed by atoms with Crippen molar-refractivity contribution in [3.05, 3.63) is 0 Å². The van der Waals surface area contributed by atoms with Crippen LogP contribution in [0.25, 0.3) is 0 Å². The van der Waals surface area contributed by atoms with Gasteiger partial charge in [-0.1, -0.05) is 6.42 Å². The number of ketones is 1. The lowest BCUT2D eigenvalue weighted by atomic mass is 10.0. The lowest BCUT2D eigenvalue weighted by Crippen LogP contribution is -2.25. The van der Waals surface area contributed by atoms with Gasteiger partial charge in [0.2, 0.25) is 5.91 Å². The van der Waals surface area contributed by atoms with E-state index in [0.717, 1.165) is 19.3 Å². The molecule has 74 valence electrons. The third-order valence-electron chi connectivity index (χ3n) is 2.24. The van der Waals surface area contributed by atoms with E-state index < -0.39 is 0 Å². The Hall–Kier alpha value is -0.510. The molecule has 0 aromatic carbocycles. The van der Waals surface area contributed by atoms with Gasteiger partial charge >= 0.3 is 0 Å². The predicted octanol–water partition coefficient (Wildman–Crippen LogP) is 0.964. The molecular weight excluding hydrogens is 186 g/mol. The number of thioether (sulfide) groups is 1. The van der Waals surface area contributed by atoms with Crippen molar-refractivity contribution in [2.24, 2.45) is 11.7 Å². The van der Waals surface area contributed by atoms with Crippen molar-refractivity contribution in [2.75, 3.05) is 11.5 Å². The van der Waals surface area contributed by atoms with E-state index in [1.165, 1.54) is 11.8 Å². The van der Waals surface area contributed by atoms with E-state index in [1.807, 2.05) is 0 Å². The first-order chi connectivity index (χ1) is 6.20. The molecule has 3 nitrogen and oxygen atoms in total. The summed E-state index contributed by atoms with van der Waals surface area (Å²) in [5.41, 5.74) is 5.24. The van der Waals surface area contributed by atoms with Crippen LogP contribution in [0.2, 0.25) is 0 Å². The normalized spacial score (nSPS) is 25.8. The molecule has 0 aromatic heterocycles. The van der Waals surface area contributed by atoms with Crippen LogP contribution in [0.5, 0.6) is 0 Å². The molecule has 4 heteroatoms. The van der Waals surface area contributed by atoms with Gasteiger partial charge in [-0.25, -0.2) is 0 Å². The van der Waals surface area contributed by atoms with Gasteiger partial charge in [-0.15, -0.1) is 0 Å². The summed E-state index contributed by atoms with van der Waals surface area (Å²) in [5.74, 6) is 1.30. The summed E-state index contributed by atoms with van der Waals surface area (Å²) in [6.07, 6.45) is 3.36. The molecule has 0 bridgehead atoms. The summed E-state index contributed by atoms with van der Waals surface area (Å²) < 4.78 is 0. The highest BCUT2D eigenvalue weighted by atomic mass is 32.2. The molecule has 1 atom stereocenters. The third-order valence-corrected chi connectivity index (χ3v) is 3.41. The van der Waals surface area contributed by atoms with Gasteiger partial charge < -0.3 is 5.73 Å². The first-order valence-electron chi connectivity index (χ1n) is 4.59. The molecule has 0 spiro atoms. The second-order valence-corrected chi connectivity index (χ2v) is 4.43. The Kier molecular flexibility index (Phi) is 4.28. The van der Waals surface area contributed by atoms with E-state index in [1.54, 1.807) is 0 Å². The van der Waals surface area contributed by atoms with Gasteiger partial charge in [-0.2, -0.15) is 11.8 Å². The zero-order chi connectivity index (χ0) is 9.68. The van der Waals surface area contributed by atoms with Crippen LogP contribution < -0.4 is 5.73 Å². The second-order valence-electron chi connectivity index (χ2n) is 3.40. The van der Waals surface area contributed by atoms with Gasteiger partial charge in [0.1, 0.15) is 5.78 Å². The van der Waals surface area contributed by atoms with Gasteiger partial charge in [0.25, 0.3) is 0 Å². The van der Waals surface area contributed by atoms with Crippen LogP contribution in [0.1, 0.15) is 25.7 Å². The molecule has 1 aliphatic heterocycles. The molecule has 0 aliphatic carbocycles. The maximum atomic E-state index is 11.1. The van der Waals surface area contributed by atoms with Crippen LogP contribution in [0, 0.1) is 5.92 Å². The summed E-state index contributed by atoms with van der Waals surface area (Å²) in [6, 6.07) is 0. The fourth-order valence-electron chi connectivity index (χ4n) is 1.41. The molecule has 13 heavy (non-hydrogen) atoms. The lowest BCUT2D eigenvalue weighted by molar-refractivity contribution is -0.121. The molecule has 1 saturated heterocycles. The summed E-state index contributed by atoms with van der Waals surface area (Å²) in [6.45, 7) is 0. The SMILES string of the molecule is NC(=O)C1CCCCC(=O)CSC1. The number of hydrogen-bond donors (Lipinski definition) is 1. The Balaban J connectivity index is 2.43. The zero-order valence-electron chi connectivity index (χ0n) is 7.62. The van der Waals surface area contributed by atoms with Crippen molar-refractivity contribution in [3.63, 3.8) is 0 Å². The number of carbonyl (C=O) groups is 2. The summed E-state index contributed by atoms with van der Waals surface area (Å²) in [4.78, 5) is 22.1. The smallest absolute Gasteiger partial charge is 0.221 e. The monoisotopic (exact) mass is 201 g/mol. The second kappa shape index (κ2) is 5.27. The summed E-state index contributed by atoms with van der Waals surface area (Å²) >= 11 is 1.54. The Morgan fingerprint density at radius 2 is 2.23 bits per heavy atom. The van der Waals surface area contributed by atoms with E-state index in [9.17, 15) is 9.59 Å². The molecule has 1 aliphatic rings. The highest BCUT2D eigenvalue weighted by molar-refractivity contribution is 7.99. The van der Waals surface area contributed by atoms with Crippen LogP contribution in [-0.2, 0) is 9.59 Å². The molecule has 1 amide bonds. The molecule has 0 aromatic rings. The van der Waals surface area contributed by atoms with Crippen LogP contribution >= 0.6 is 11.8 Å². The van der Waals surface area contributed by atoms with Crippen molar-refractivity contribution in [1.82, 2.24) is 0 Å². The van der Waals surface area contributed by atoms with Crippen molar-refractivity contribution >= 4 is 23.5 Å². The molecule has 0 radical (unpaired) electrons. The Morgan fingerprint density at radius 3 is 2.92 bits per heavy atom. The van der Waals surface area contributed by atoms with Crippen molar-refractivity contribution < 1.29 is 9.59 Å². The highest BCUT2D eigenvalue weighted by Crippen LogP contribution is 2.19. The Morgan fingerprint density at radius 1 is 1.46 bits per heavy atom. The fraction of sp³-hybridized carbons (Fsp3) is 0.778. The minimum atomic E-state index is -0.221. The average Bonchev–Trinajstić information content (AvgIpc) is 2.16. The van der Waals surface area contributed by atoms with Gasteiger partial charge in [0.15, 0.2) is 0 Å². The van der Waals surface area contributed by atoms with Crippen LogP contribution in [0.4, 0.5) is 0 Å². The molecular formula is C9H15NO2S. The van der Waals surface area contributed by atoms with E-state index in [-0.39, 0.29) is 11.8 Å². The van der Waals surface area contributed by atoms with Gasteiger partial charge in [-0.05, 0) is 12.8 Å². The van der Waals surface area contributed by atoms with E-state index >= 15 is 0 Å². The number of rotatable bonds is 1. The Bertz CT molecular complexity index is 206. The van der Waals surface area contributed by atoms with Gasteiger partial charge in [0, 0.05) is 18.1 Å². The largest absolute Gasteiger partial charge is 0.369 e. The summed E-state index contributed by atoms with van der Waals surface area (Å²) in [7, 11) is 0. The number of amides is 1. The maximum Gasteiger partial charge on any atom is 0.221 e. The van der Waals surface area contributed by atoms with E-state index in [0.29, 0.717) is 23.7 Å². The number of nitrogens with two attached hydrogens (primary N) is 1. The van der Waals surface area contributed by atoms with Gasteiger partial charge in [0.05, 0.1) is 5.75 Å². The molecule has 1 heterocycles. The fourth-order valence-corrected chi connectivity index (χ4v) is 2.51. The Labute approximate surface area is 82.4 Å². The van der Waals surface area contributed by atoms with Gasteiger partial charge in [-0.3, -0.25) is 9.59 Å². The predicted molar refractivity (Wildman–Crippen MR) is 53.5 cm³/mol.